The molecule has 0 amide bonds. The monoisotopic (exact) mass is 431 g/mol. The molecule has 5 rings (SSSR count). The highest BCUT2D eigenvalue weighted by Crippen LogP contribution is 2.32. The number of piperazine rings is 1. The molecule has 3 aromatic heterocycles. The van der Waals surface area contributed by atoms with Gasteiger partial charge >= 0.3 is 0 Å². The highest BCUT2D eigenvalue weighted by atomic mass is 32.1. The molecule has 4 aromatic rings. The summed E-state index contributed by atoms with van der Waals surface area (Å²) in [5.74, 6) is 0. The molecule has 0 bridgehead atoms. The number of rotatable bonds is 7. The number of hydrogen-bond donors (Lipinski definition) is 2. The molecular formula is C25H29N5S. The van der Waals surface area contributed by atoms with Crippen LogP contribution in [-0.4, -0.2) is 59.0 Å². The van der Waals surface area contributed by atoms with Crippen LogP contribution in [0.3, 0.4) is 0 Å². The van der Waals surface area contributed by atoms with Crippen LogP contribution < -0.4 is 5.32 Å². The quantitative estimate of drug-likeness (QED) is 0.402. The minimum absolute atomic E-state index is 1.07. The van der Waals surface area contributed by atoms with Crippen molar-refractivity contribution in [2.75, 3.05) is 44.6 Å². The molecule has 1 aliphatic rings. The van der Waals surface area contributed by atoms with E-state index in [1.165, 1.54) is 48.4 Å². The maximum atomic E-state index is 4.59. The number of thiophene rings is 1. The molecule has 1 aromatic carbocycles. The molecule has 0 unspecified atom stereocenters. The number of likely N-dealkylation sites (N-methyl/N-ethyl adjacent to an activating group) is 1. The van der Waals surface area contributed by atoms with Gasteiger partial charge < -0.3 is 20.1 Å². The Labute approximate surface area is 187 Å². The summed E-state index contributed by atoms with van der Waals surface area (Å²) < 4.78 is 0. The molecule has 0 spiro atoms. The van der Waals surface area contributed by atoms with Crippen molar-refractivity contribution in [2.45, 2.75) is 13.3 Å². The number of benzene rings is 1. The second-order valence-electron chi connectivity index (χ2n) is 8.10. The summed E-state index contributed by atoms with van der Waals surface area (Å²) >= 11 is 1.75. The van der Waals surface area contributed by atoms with Gasteiger partial charge in [0, 0.05) is 72.0 Å². The Morgan fingerprint density at radius 2 is 1.97 bits per heavy atom. The van der Waals surface area contributed by atoms with E-state index in [4.69, 9.17) is 0 Å². The third-order valence-corrected chi connectivity index (χ3v) is 7.10. The van der Waals surface area contributed by atoms with Crippen LogP contribution >= 0.6 is 11.3 Å². The second-order valence-corrected chi connectivity index (χ2v) is 9.16. The van der Waals surface area contributed by atoms with E-state index in [9.17, 15) is 0 Å². The van der Waals surface area contributed by atoms with Crippen LogP contribution in [0.4, 0.5) is 11.4 Å². The fraction of sp³-hybridized carbons (Fsp3) is 0.320. The summed E-state index contributed by atoms with van der Waals surface area (Å²) in [5, 5.41) is 5.97. The number of anilines is 2. The van der Waals surface area contributed by atoms with Gasteiger partial charge in [0.15, 0.2) is 0 Å². The minimum Gasteiger partial charge on any atom is -0.361 e. The third-order valence-electron chi connectivity index (χ3n) is 6.09. The summed E-state index contributed by atoms with van der Waals surface area (Å²) in [7, 11) is 0. The Bertz CT molecular complexity index is 1180. The van der Waals surface area contributed by atoms with E-state index >= 15 is 0 Å². The highest BCUT2D eigenvalue weighted by molar-refractivity contribution is 7.19. The van der Waals surface area contributed by atoms with Gasteiger partial charge in [0.1, 0.15) is 4.83 Å². The summed E-state index contributed by atoms with van der Waals surface area (Å²) in [4.78, 5) is 15.3. The Hall–Kier alpha value is -2.67. The van der Waals surface area contributed by atoms with Crippen molar-refractivity contribution >= 4 is 49.9 Å². The van der Waals surface area contributed by atoms with E-state index in [2.05, 4.69) is 80.6 Å². The normalized spacial score (nSPS) is 16.0. The number of aromatic nitrogens is 2. The molecule has 160 valence electrons. The Balaban J connectivity index is 1.24. The van der Waals surface area contributed by atoms with Crippen molar-refractivity contribution in [1.29, 1.82) is 0 Å². The molecule has 31 heavy (non-hydrogen) atoms. The van der Waals surface area contributed by atoms with Gasteiger partial charge in [-0.25, -0.2) is 4.98 Å². The fourth-order valence-corrected chi connectivity index (χ4v) is 5.18. The van der Waals surface area contributed by atoms with Crippen molar-refractivity contribution in [3.05, 3.63) is 59.7 Å². The molecule has 0 aliphatic carbocycles. The lowest BCUT2D eigenvalue weighted by atomic mass is 10.2. The summed E-state index contributed by atoms with van der Waals surface area (Å²) in [6.45, 7) is 9.36. The van der Waals surface area contributed by atoms with Crippen LogP contribution in [0, 0.1) is 0 Å². The van der Waals surface area contributed by atoms with Gasteiger partial charge in [0.2, 0.25) is 0 Å². The highest BCUT2D eigenvalue weighted by Gasteiger charge is 2.14. The van der Waals surface area contributed by atoms with E-state index in [-0.39, 0.29) is 0 Å². The van der Waals surface area contributed by atoms with Crippen LogP contribution in [0.15, 0.2) is 54.9 Å². The minimum atomic E-state index is 1.07. The summed E-state index contributed by atoms with van der Waals surface area (Å²) in [5.41, 5.74) is 3.34. The molecule has 0 saturated carbocycles. The van der Waals surface area contributed by atoms with E-state index in [1.807, 2.05) is 12.4 Å². The number of hydrogen-bond acceptors (Lipinski definition) is 5. The smallest absolute Gasteiger partial charge is 0.125 e. The molecule has 1 saturated heterocycles. The topological polar surface area (TPSA) is 47.2 Å². The van der Waals surface area contributed by atoms with E-state index in [1.54, 1.807) is 11.3 Å². The number of nitrogens with zero attached hydrogens (tertiary/aromatic N) is 3. The second kappa shape index (κ2) is 9.22. The van der Waals surface area contributed by atoms with E-state index in [0.29, 0.717) is 0 Å². The van der Waals surface area contributed by atoms with E-state index in [0.717, 1.165) is 34.7 Å². The van der Waals surface area contributed by atoms with E-state index < -0.39 is 0 Å². The molecule has 5 nitrogen and oxygen atoms in total. The summed E-state index contributed by atoms with van der Waals surface area (Å²) in [6, 6.07) is 12.8. The van der Waals surface area contributed by atoms with Gasteiger partial charge in [-0.05, 0) is 55.4 Å². The fourth-order valence-electron chi connectivity index (χ4n) is 4.22. The number of nitrogens with one attached hydrogen (secondary N) is 2. The molecule has 1 aliphatic heterocycles. The maximum absolute atomic E-state index is 4.59. The average molecular weight is 432 g/mol. The maximum Gasteiger partial charge on any atom is 0.125 e. The number of aromatic amines is 1. The average Bonchev–Trinajstić information content (AvgIpc) is 3.44. The van der Waals surface area contributed by atoms with Gasteiger partial charge in [-0.2, -0.15) is 0 Å². The SMILES string of the molecule is CCN1CCN(CCC=Cc2cc3c(Nc4ccc5[nH]ccc5c4)ccnc3s2)CC1. The first-order chi connectivity index (χ1) is 15.3. The number of pyridine rings is 1. The number of fused-ring (bicyclic) bond motifs is 2. The Morgan fingerprint density at radius 1 is 1.10 bits per heavy atom. The Kier molecular flexibility index (Phi) is 6.02. The number of H-pyrrole nitrogens is 1. The first-order valence-electron chi connectivity index (χ1n) is 11.1. The first-order valence-corrected chi connectivity index (χ1v) is 11.9. The lowest BCUT2D eigenvalue weighted by Gasteiger charge is -2.33. The molecular weight excluding hydrogens is 402 g/mol. The summed E-state index contributed by atoms with van der Waals surface area (Å²) in [6.07, 6.45) is 9.52. The predicted molar refractivity (Wildman–Crippen MR) is 133 cm³/mol. The van der Waals surface area contributed by atoms with Gasteiger partial charge in [-0.3, -0.25) is 0 Å². The van der Waals surface area contributed by atoms with Crippen molar-refractivity contribution < 1.29 is 0 Å². The van der Waals surface area contributed by atoms with Crippen LogP contribution in [0.2, 0.25) is 0 Å². The molecule has 6 heteroatoms. The predicted octanol–water partition coefficient (Wildman–Crippen LogP) is 5.56. The Morgan fingerprint density at radius 3 is 2.84 bits per heavy atom. The van der Waals surface area contributed by atoms with Gasteiger partial charge in [-0.15, -0.1) is 11.3 Å². The van der Waals surface area contributed by atoms with Crippen molar-refractivity contribution in [1.82, 2.24) is 19.8 Å². The van der Waals surface area contributed by atoms with Crippen molar-refractivity contribution in [3.8, 4) is 0 Å². The lowest BCUT2D eigenvalue weighted by Crippen LogP contribution is -2.46. The van der Waals surface area contributed by atoms with Crippen LogP contribution in [0.5, 0.6) is 0 Å². The van der Waals surface area contributed by atoms with Gasteiger partial charge in [-0.1, -0.05) is 13.0 Å². The zero-order valence-electron chi connectivity index (χ0n) is 18.0. The standard InChI is InChI=1S/C25H29N5S/c1-2-29-13-15-30(16-14-29)12-4-3-5-21-18-22-24(9-11-27-25(22)31-21)28-20-6-7-23-19(17-20)8-10-26-23/h3,5-11,17-18,26H,2,4,12-16H2,1H3,(H,27,28). The van der Waals surface area contributed by atoms with Gasteiger partial charge in [0.25, 0.3) is 0 Å². The van der Waals surface area contributed by atoms with Crippen LogP contribution in [0.25, 0.3) is 27.2 Å². The van der Waals surface area contributed by atoms with Crippen molar-refractivity contribution in [2.24, 2.45) is 0 Å². The van der Waals surface area contributed by atoms with Gasteiger partial charge in [0.05, 0.1) is 5.69 Å². The van der Waals surface area contributed by atoms with Crippen LogP contribution in [0.1, 0.15) is 18.2 Å². The molecule has 0 radical (unpaired) electrons. The van der Waals surface area contributed by atoms with Crippen LogP contribution in [-0.2, 0) is 0 Å². The molecule has 4 heterocycles. The largest absolute Gasteiger partial charge is 0.361 e. The first kappa shape index (κ1) is 20.2. The molecule has 0 atom stereocenters. The zero-order chi connectivity index (χ0) is 21.0. The zero-order valence-corrected chi connectivity index (χ0v) is 18.8. The lowest BCUT2D eigenvalue weighted by molar-refractivity contribution is 0.139. The third kappa shape index (κ3) is 4.66. The molecule has 2 N–H and O–H groups in total. The van der Waals surface area contributed by atoms with Crippen molar-refractivity contribution in [3.63, 3.8) is 0 Å². The molecule has 1 fully saturated rings.